The Bertz CT molecular complexity index is 654. The Labute approximate surface area is 115 Å². The molecule has 0 fully saturated rings. The zero-order chi connectivity index (χ0) is 13.2. The first-order valence-corrected chi connectivity index (χ1v) is 6.87. The Hall–Kier alpha value is -1.76. The van der Waals surface area contributed by atoms with E-state index in [9.17, 15) is 0 Å². The summed E-state index contributed by atoms with van der Waals surface area (Å²) in [6.07, 6.45) is 2.65. The first-order valence-electron chi connectivity index (χ1n) is 6.06. The number of thiophene rings is 1. The van der Waals surface area contributed by atoms with Crippen LogP contribution in [0.2, 0.25) is 0 Å². The highest BCUT2D eigenvalue weighted by atomic mass is 32.1. The first-order chi connectivity index (χ1) is 9.26. The van der Waals surface area contributed by atoms with Gasteiger partial charge in [0.2, 0.25) is 0 Å². The number of rotatable bonds is 4. The summed E-state index contributed by atoms with van der Waals surface area (Å²) in [7, 11) is 1.86. The van der Waals surface area contributed by atoms with Gasteiger partial charge in [0.25, 0.3) is 0 Å². The number of aromatic nitrogens is 3. The second-order valence-corrected chi connectivity index (χ2v) is 5.61. The second-order valence-electron chi connectivity index (χ2n) is 4.49. The van der Waals surface area contributed by atoms with E-state index >= 15 is 0 Å². The monoisotopic (exact) mass is 273 g/mol. The first kappa shape index (κ1) is 12.3. The van der Waals surface area contributed by atoms with E-state index in [-0.39, 0.29) is 6.04 Å². The van der Waals surface area contributed by atoms with Crippen molar-refractivity contribution in [1.82, 2.24) is 20.4 Å². The van der Waals surface area contributed by atoms with Gasteiger partial charge < -0.3 is 0 Å². The lowest BCUT2D eigenvalue weighted by molar-refractivity contribution is 0.554. The minimum absolute atomic E-state index is 0.0640. The number of hydrogen-bond acceptors (Lipinski definition) is 5. The van der Waals surface area contributed by atoms with E-state index in [1.165, 1.54) is 15.0 Å². The molecule has 0 radical (unpaired) electrons. The van der Waals surface area contributed by atoms with Gasteiger partial charge in [-0.15, -0.1) is 16.4 Å². The molecule has 0 spiro atoms. The van der Waals surface area contributed by atoms with Crippen LogP contribution in [0.1, 0.15) is 16.6 Å². The van der Waals surface area contributed by atoms with E-state index in [4.69, 9.17) is 5.84 Å². The molecular formula is C13H15N5S. The number of nitrogens with one attached hydrogen (secondary N) is 1. The molecule has 0 aliphatic rings. The van der Waals surface area contributed by atoms with Crippen molar-refractivity contribution in [2.75, 3.05) is 0 Å². The fourth-order valence-corrected chi connectivity index (χ4v) is 3.24. The van der Waals surface area contributed by atoms with Gasteiger partial charge in [0.15, 0.2) is 0 Å². The van der Waals surface area contributed by atoms with Gasteiger partial charge >= 0.3 is 0 Å². The van der Waals surface area contributed by atoms with Crippen molar-refractivity contribution in [2.24, 2.45) is 12.9 Å². The largest absolute Gasteiger partial charge is 0.271 e. The highest BCUT2D eigenvalue weighted by molar-refractivity contribution is 7.19. The molecule has 0 saturated carbocycles. The Morgan fingerprint density at radius 3 is 2.95 bits per heavy atom. The normalized spacial score (nSPS) is 12.9. The maximum Gasteiger partial charge on any atom is 0.0846 e. The maximum atomic E-state index is 5.68. The molecule has 1 atom stereocenters. The van der Waals surface area contributed by atoms with Gasteiger partial charge in [-0.2, -0.15) is 0 Å². The van der Waals surface area contributed by atoms with Gasteiger partial charge in [0.05, 0.1) is 11.7 Å². The molecule has 98 valence electrons. The lowest BCUT2D eigenvalue weighted by atomic mass is 10.1. The predicted octanol–water partition coefficient (Wildman–Crippen LogP) is 1.78. The minimum atomic E-state index is 0.0640. The van der Waals surface area contributed by atoms with Gasteiger partial charge in [-0.1, -0.05) is 23.4 Å². The van der Waals surface area contributed by atoms with E-state index in [2.05, 4.69) is 40.0 Å². The lowest BCUT2D eigenvalue weighted by Crippen LogP contribution is -2.29. The fraction of sp³-hybridized carbons (Fsp3) is 0.231. The highest BCUT2D eigenvalue weighted by Crippen LogP contribution is 2.30. The van der Waals surface area contributed by atoms with Crippen LogP contribution >= 0.6 is 11.3 Å². The average molecular weight is 273 g/mol. The lowest BCUT2D eigenvalue weighted by Gasteiger charge is -2.11. The number of hydrazine groups is 1. The molecule has 5 nitrogen and oxygen atoms in total. The van der Waals surface area contributed by atoms with Crippen LogP contribution in [0.4, 0.5) is 0 Å². The average Bonchev–Trinajstić information content (AvgIpc) is 3.01. The van der Waals surface area contributed by atoms with Crippen molar-refractivity contribution in [3.8, 4) is 0 Å². The van der Waals surface area contributed by atoms with Crippen LogP contribution in [0.15, 0.2) is 36.5 Å². The van der Waals surface area contributed by atoms with Gasteiger partial charge in [0.1, 0.15) is 0 Å². The molecule has 1 aromatic carbocycles. The molecule has 19 heavy (non-hydrogen) atoms. The van der Waals surface area contributed by atoms with Crippen molar-refractivity contribution < 1.29 is 0 Å². The third-order valence-electron chi connectivity index (χ3n) is 3.05. The van der Waals surface area contributed by atoms with Crippen LogP contribution in [0.5, 0.6) is 0 Å². The Morgan fingerprint density at radius 1 is 1.42 bits per heavy atom. The summed E-state index contributed by atoms with van der Waals surface area (Å²) >= 11 is 1.76. The summed E-state index contributed by atoms with van der Waals surface area (Å²) in [5.41, 5.74) is 3.80. The van der Waals surface area contributed by atoms with E-state index in [0.29, 0.717) is 0 Å². The van der Waals surface area contributed by atoms with Crippen LogP contribution in [0.25, 0.3) is 10.1 Å². The third kappa shape index (κ3) is 2.51. The van der Waals surface area contributed by atoms with Crippen LogP contribution in [-0.2, 0) is 13.5 Å². The summed E-state index contributed by atoms with van der Waals surface area (Å²) < 4.78 is 2.98. The summed E-state index contributed by atoms with van der Waals surface area (Å²) in [5, 5.41) is 9.30. The molecular weight excluding hydrogens is 258 g/mol. The van der Waals surface area contributed by atoms with E-state index in [1.54, 1.807) is 16.0 Å². The summed E-state index contributed by atoms with van der Waals surface area (Å²) in [4.78, 5) is 1.22. The molecule has 1 unspecified atom stereocenters. The minimum Gasteiger partial charge on any atom is -0.271 e. The van der Waals surface area contributed by atoms with Gasteiger partial charge in [-0.25, -0.2) is 0 Å². The fourth-order valence-electron chi connectivity index (χ4n) is 2.11. The zero-order valence-electron chi connectivity index (χ0n) is 10.6. The zero-order valence-corrected chi connectivity index (χ0v) is 11.4. The number of hydrogen-bond donors (Lipinski definition) is 2. The molecule has 0 saturated heterocycles. The smallest absolute Gasteiger partial charge is 0.0846 e. The molecule has 3 rings (SSSR count). The van der Waals surface area contributed by atoms with E-state index < -0.39 is 0 Å². The van der Waals surface area contributed by atoms with Crippen LogP contribution in [0, 0.1) is 0 Å². The topological polar surface area (TPSA) is 68.8 Å². The molecule has 0 bridgehead atoms. The maximum absolute atomic E-state index is 5.68. The van der Waals surface area contributed by atoms with E-state index in [1.807, 2.05) is 19.3 Å². The Balaban J connectivity index is 1.88. The number of nitrogens with two attached hydrogens (primary N) is 1. The van der Waals surface area contributed by atoms with Crippen LogP contribution in [-0.4, -0.2) is 15.0 Å². The highest BCUT2D eigenvalue weighted by Gasteiger charge is 2.15. The van der Waals surface area contributed by atoms with Crippen molar-refractivity contribution in [2.45, 2.75) is 12.5 Å². The second kappa shape index (κ2) is 5.08. The van der Waals surface area contributed by atoms with Crippen molar-refractivity contribution in [1.29, 1.82) is 0 Å². The molecule has 3 N–H and O–H groups in total. The van der Waals surface area contributed by atoms with Gasteiger partial charge in [0, 0.05) is 29.2 Å². The molecule has 0 amide bonds. The number of nitrogens with zero attached hydrogens (tertiary/aromatic N) is 3. The number of benzene rings is 1. The number of aryl methyl sites for hydroxylation is 1. The molecule has 2 aromatic heterocycles. The standard InChI is InChI=1S/C13H15N5S/c1-18-8-10(16-17-18)7-11(15-14)13-6-9-4-2-3-5-12(9)19-13/h2-6,8,11,15H,7,14H2,1H3. The molecule has 3 aromatic rings. The molecule has 2 heterocycles. The van der Waals surface area contributed by atoms with Crippen molar-refractivity contribution in [3.63, 3.8) is 0 Å². The van der Waals surface area contributed by atoms with Gasteiger partial charge in [-0.3, -0.25) is 16.0 Å². The SMILES string of the molecule is Cn1cc(CC(NN)c2cc3ccccc3s2)nn1. The van der Waals surface area contributed by atoms with Crippen LogP contribution in [0.3, 0.4) is 0 Å². The quantitative estimate of drug-likeness (QED) is 0.561. The molecule has 0 aliphatic carbocycles. The summed E-state index contributed by atoms with van der Waals surface area (Å²) in [6, 6.07) is 10.6. The Morgan fingerprint density at radius 2 is 2.26 bits per heavy atom. The van der Waals surface area contributed by atoms with Crippen molar-refractivity contribution in [3.05, 3.63) is 47.1 Å². The van der Waals surface area contributed by atoms with Gasteiger partial charge in [-0.05, 0) is 17.5 Å². The van der Waals surface area contributed by atoms with Crippen LogP contribution < -0.4 is 11.3 Å². The molecule has 6 heteroatoms. The Kier molecular flexibility index (Phi) is 3.29. The summed E-state index contributed by atoms with van der Waals surface area (Å²) in [5.74, 6) is 5.68. The van der Waals surface area contributed by atoms with E-state index in [0.717, 1.165) is 12.1 Å². The predicted molar refractivity (Wildman–Crippen MR) is 76.6 cm³/mol. The molecule has 0 aliphatic heterocycles. The summed E-state index contributed by atoms with van der Waals surface area (Å²) in [6.45, 7) is 0. The number of fused-ring (bicyclic) bond motifs is 1. The van der Waals surface area contributed by atoms with Crippen molar-refractivity contribution >= 4 is 21.4 Å². The third-order valence-corrected chi connectivity index (χ3v) is 4.28.